The Hall–Kier alpha value is -2.66. The molecule has 0 saturated carbocycles. The van der Waals surface area contributed by atoms with Gasteiger partial charge in [0.25, 0.3) is 11.6 Å². The number of benzene rings is 2. The highest BCUT2D eigenvalue weighted by Crippen LogP contribution is 2.34. The van der Waals surface area contributed by atoms with Gasteiger partial charge in [-0.2, -0.15) is 0 Å². The number of nitrogens with zero attached hydrogens (tertiary/aromatic N) is 4. The molecule has 2 aromatic carbocycles. The number of fused-ring (bicyclic) bond motifs is 2. The first-order chi connectivity index (χ1) is 14.3. The lowest BCUT2D eigenvalue weighted by Crippen LogP contribution is -2.36. The highest BCUT2D eigenvalue weighted by atomic mass is 35.5. The maximum absolute atomic E-state index is 14.1. The first-order valence-electron chi connectivity index (χ1n) is 9.03. The summed E-state index contributed by atoms with van der Waals surface area (Å²) in [6.45, 7) is 0.974. The molecule has 7 nitrogen and oxygen atoms in total. The molecule has 0 N–H and O–H groups in total. The first kappa shape index (κ1) is 23.0. The number of carbonyl (C=O) groups excluding carboxylic acids is 1. The fourth-order valence-electron chi connectivity index (χ4n) is 2.99. The number of nitro benzene ring substituents is 1. The van der Waals surface area contributed by atoms with Crippen LogP contribution < -0.4 is 4.90 Å². The smallest absolute Gasteiger partial charge is 0.270 e. The van der Waals surface area contributed by atoms with Crippen LogP contribution in [0.25, 0.3) is 20.3 Å². The Morgan fingerprint density at radius 3 is 2.58 bits per heavy atom. The fourth-order valence-corrected chi connectivity index (χ4v) is 4.98. The van der Waals surface area contributed by atoms with Gasteiger partial charge in [0, 0.05) is 35.3 Å². The van der Waals surface area contributed by atoms with E-state index in [0.29, 0.717) is 33.2 Å². The van der Waals surface area contributed by atoms with Gasteiger partial charge in [-0.25, -0.2) is 9.37 Å². The van der Waals surface area contributed by atoms with Crippen LogP contribution in [0.2, 0.25) is 0 Å². The van der Waals surface area contributed by atoms with Gasteiger partial charge in [0.05, 0.1) is 14.5 Å². The zero-order chi connectivity index (χ0) is 21.4. The van der Waals surface area contributed by atoms with Crippen molar-refractivity contribution in [3.05, 3.63) is 63.3 Å². The van der Waals surface area contributed by atoms with E-state index in [1.54, 1.807) is 29.2 Å². The van der Waals surface area contributed by atoms with Crippen LogP contribution >= 0.6 is 35.1 Å². The van der Waals surface area contributed by atoms with Crippen molar-refractivity contribution < 1.29 is 14.1 Å². The number of thiazole rings is 1. The van der Waals surface area contributed by atoms with Gasteiger partial charge in [-0.05, 0) is 38.4 Å². The van der Waals surface area contributed by atoms with Gasteiger partial charge in [-0.15, -0.1) is 23.7 Å². The third-order valence-electron chi connectivity index (χ3n) is 4.53. The predicted octanol–water partition coefficient (Wildman–Crippen LogP) is 5.19. The molecular weight excluding hydrogens is 463 g/mol. The van der Waals surface area contributed by atoms with Crippen LogP contribution in [-0.4, -0.2) is 47.9 Å². The Labute approximate surface area is 191 Å². The van der Waals surface area contributed by atoms with Crippen molar-refractivity contribution in [3.63, 3.8) is 0 Å². The lowest BCUT2D eigenvalue weighted by molar-refractivity contribution is -0.384. The second kappa shape index (κ2) is 9.23. The molecule has 4 rings (SSSR count). The number of anilines is 1. The standard InChI is InChI=1S/C20H17FN4O3S2.ClH/c1-23(2)8-9-24(20-22-18-14(21)4-3-5-16(18)30-20)19(26)17-11-12-10-13(25(27)28)6-7-15(12)29-17;/h3-7,10-11H,8-9H2,1-2H3;1H. The van der Waals surface area contributed by atoms with Crippen molar-refractivity contribution in [2.45, 2.75) is 0 Å². The summed E-state index contributed by atoms with van der Waals surface area (Å²) < 4.78 is 15.6. The number of non-ortho nitro benzene ring substituents is 1. The number of halogens is 2. The minimum atomic E-state index is -0.461. The van der Waals surface area contributed by atoms with Crippen LogP contribution in [0.1, 0.15) is 9.67 Å². The Morgan fingerprint density at radius 1 is 1.13 bits per heavy atom. The monoisotopic (exact) mass is 480 g/mol. The molecule has 2 aromatic heterocycles. The Morgan fingerprint density at radius 2 is 1.90 bits per heavy atom. The second-order valence-corrected chi connectivity index (χ2v) is 9.03. The van der Waals surface area contributed by atoms with E-state index in [2.05, 4.69) is 4.98 Å². The molecule has 4 aromatic rings. The van der Waals surface area contributed by atoms with E-state index in [4.69, 9.17) is 0 Å². The van der Waals surface area contributed by atoms with E-state index < -0.39 is 10.7 Å². The molecule has 0 aliphatic carbocycles. The molecule has 0 unspecified atom stereocenters. The van der Waals surface area contributed by atoms with Crippen molar-refractivity contribution in [2.24, 2.45) is 0 Å². The molecule has 1 amide bonds. The second-order valence-electron chi connectivity index (χ2n) is 6.93. The quantitative estimate of drug-likeness (QED) is 0.280. The zero-order valence-corrected chi connectivity index (χ0v) is 19.0. The van der Waals surface area contributed by atoms with Gasteiger partial charge in [-0.3, -0.25) is 19.8 Å². The van der Waals surface area contributed by atoms with Crippen LogP contribution in [0.15, 0.2) is 42.5 Å². The molecule has 11 heteroatoms. The summed E-state index contributed by atoms with van der Waals surface area (Å²) in [6, 6.07) is 10.9. The third-order valence-corrected chi connectivity index (χ3v) is 6.67. The summed E-state index contributed by atoms with van der Waals surface area (Å²) in [7, 11) is 3.80. The van der Waals surface area contributed by atoms with Crippen molar-refractivity contribution in [1.82, 2.24) is 9.88 Å². The molecule has 162 valence electrons. The summed E-state index contributed by atoms with van der Waals surface area (Å²) in [4.78, 5) is 32.2. The van der Waals surface area contributed by atoms with Gasteiger partial charge in [0.2, 0.25) is 0 Å². The lowest BCUT2D eigenvalue weighted by Gasteiger charge is -2.21. The molecule has 0 spiro atoms. The molecular formula is C20H18ClFN4O3S2. The summed E-state index contributed by atoms with van der Waals surface area (Å²) in [6.07, 6.45) is 0. The van der Waals surface area contributed by atoms with Crippen molar-refractivity contribution in [2.75, 3.05) is 32.1 Å². The highest BCUT2D eigenvalue weighted by Gasteiger charge is 2.24. The molecule has 0 saturated heterocycles. The largest absolute Gasteiger partial charge is 0.308 e. The number of rotatable bonds is 6. The van der Waals surface area contributed by atoms with Gasteiger partial charge in [0.15, 0.2) is 5.13 Å². The number of para-hydroxylation sites is 1. The molecule has 0 fully saturated rings. The molecule has 0 bridgehead atoms. The van der Waals surface area contributed by atoms with E-state index >= 15 is 0 Å². The molecule has 0 atom stereocenters. The third kappa shape index (κ3) is 4.67. The van der Waals surface area contributed by atoms with Crippen LogP contribution in [-0.2, 0) is 0 Å². The van der Waals surface area contributed by atoms with E-state index in [0.717, 1.165) is 4.70 Å². The maximum atomic E-state index is 14.1. The number of carbonyl (C=O) groups is 1. The average Bonchev–Trinajstić information content (AvgIpc) is 3.32. The predicted molar refractivity (Wildman–Crippen MR) is 126 cm³/mol. The van der Waals surface area contributed by atoms with Gasteiger partial charge in [0.1, 0.15) is 11.3 Å². The average molecular weight is 481 g/mol. The molecule has 31 heavy (non-hydrogen) atoms. The van der Waals surface area contributed by atoms with Gasteiger partial charge in [-0.1, -0.05) is 17.4 Å². The zero-order valence-electron chi connectivity index (χ0n) is 16.6. The Kier molecular flexibility index (Phi) is 6.85. The van der Waals surface area contributed by atoms with E-state index in [-0.39, 0.29) is 29.5 Å². The topological polar surface area (TPSA) is 79.6 Å². The summed E-state index contributed by atoms with van der Waals surface area (Å²) in [5, 5.41) is 12.1. The number of nitro groups is 1. The number of amides is 1. The molecule has 2 heterocycles. The van der Waals surface area contributed by atoms with Crippen LogP contribution in [0, 0.1) is 15.9 Å². The van der Waals surface area contributed by atoms with Crippen LogP contribution in [0.5, 0.6) is 0 Å². The van der Waals surface area contributed by atoms with Crippen molar-refractivity contribution in [3.8, 4) is 0 Å². The summed E-state index contributed by atoms with van der Waals surface area (Å²) in [5.74, 6) is -0.690. The Bertz CT molecular complexity index is 1270. The first-order valence-corrected chi connectivity index (χ1v) is 10.7. The van der Waals surface area contributed by atoms with Crippen molar-refractivity contribution in [1.29, 1.82) is 0 Å². The summed E-state index contributed by atoms with van der Waals surface area (Å²) in [5.41, 5.74) is 0.220. The van der Waals surface area contributed by atoms with E-state index in [1.165, 1.54) is 40.9 Å². The SMILES string of the molecule is CN(C)CCN(C(=O)c1cc2cc([N+](=O)[O-])ccc2s1)c1nc2c(F)cccc2s1.Cl. The number of hydrogen-bond acceptors (Lipinski definition) is 7. The minimum absolute atomic E-state index is 0. The van der Waals surface area contributed by atoms with Crippen molar-refractivity contribution >= 4 is 72.1 Å². The molecule has 0 aliphatic rings. The Balaban J connectivity index is 0.00000272. The van der Waals surface area contributed by atoms with E-state index in [9.17, 15) is 19.3 Å². The van der Waals surface area contributed by atoms with Gasteiger partial charge < -0.3 is 4.90 Å². The highest BCUT2D eigenvalue weighted by molar-refractivity contribution is 7.23. The van der Waals surface area contributed by atoms with Gasteiger partial charge >= 0.3 is 0 Å². The molecule has 0 aliphatic heterocycles. The summed E-state index contributed by atoms with van der Waals surface area (Å²) >= 11 is 2.53. The minimum Gasteiger partial charge on any atom is -0.308 e. The number of hydrogen-bond donors (Lipinski definition) is 0. The number of aromatic nitrogens is 1. The number of thiophene rings is 1. The number of likely N-dealkylation sites (N-methyl/N-ethyl adjacent to an activating group) is 1. The molecule has 0 radical (unpaired) electrons. The fraction of sp³-hybridized carbons (Fsp3) is 0.200. The van der Waals surface area contributed by atoms with Crippen LogP contribution in [0.3, 0.4) is 0 Å². The maximum Gasteiger partial charge on any atom is 0.270 e. The normalized spacial score (nSPS) is 11.1. The lowest BCUT2D eigenvalue weighted by atomic mass is 10.2. The van der Waals surface area contributed by atoms with Crippen LogP contribution in [0.4, 0.5) is 15.2 Å². The van der Waals surface area contributed by atoms with E-state index in [1.807, 2.05) is 19.0 Å².